The van der Waals surface area contributed by atoms with Gasteiger partial charge in [-0.1, -0.05) is 47.0 Å². The van der Waals surface area contributed by atoms with Crippen LogP contribution in [-0.4, -0.2) is 32.3 Å². The first-order valence-corrected chi connectivity index (χ1v) is 9.38. The molecule has 0 aromatic heterocycles. The lowest BCUT2D eigenvalue weighted by Crippen LogP contribution is -2.33. The van der Waals surface area contributed by atoms with Crippen LogP contribution in [0.2, 0.25) is 0 Å². The summed E-state index contributed by atoms with van der Waals surface area (Å²) in [6, 6.07) is 12.4. The Bertz CT molecular complexity index is 837. The van der Waals surface area contributed by atoms with Gasteiger partial charge in [0.2, 0.25) is 10.0 Å². The number of esters is 1. The lowest BCUT2D eigenvalue weighted by atomic mass is 10.1. The minimum absolute atomic E-state index is 0.125. The summed E-state index contributed by atoms with van der Waals surface area (Å²) in [6.45, 7) is 5.62. The third-order valence-corrected chi connectivity index (χ3v) is 5.58. The van der Waals surface area contributed by atoms with E-state index in [4.69, 9.17) is 4.74 Å². The van der Waals surface area contributed by atoms with Gasteiger partial charge in [-0.15, -0.1) is 0 Å². The first kappa shape index (κ1) is 19.1. The molecule has 0 spiro atoms. The van der Waals surface area contributed by atoms with Gasteiger partial charge >= 0.3 is 5.97 Å². The normalized spacial score (nSPS) is 11.6. The topological polar surface area (TPSA) is 63.7 Å². The molecule has 0 fully saturated rings. The third-order valence-electron chi connectivity index (χ3n) is 3.76. The van der Waals surface area contributed by atoms with Crippen molar-refractivity contribution in [1.29, 1.82) is 0 Å². The third kappa shape index (κ3) is 5.14. The zero-order valence-electron chi connectivity index (χ0n) is 14.9. The SMILES string of the molecule is Cc1ccc(S(=O)(=O)N(C)CC(=O)OCc2cc(C)cc(C)c2)cc1. The Morgan fingerprint density at radius 2 is 1.52 bits per heavy atom. The molecule has 0 saturated heterocycles. The molecule has 0 bridgehead atoms. The van der Waals surface area contributed by atoms with Crippen molar-refractivity contribution in [2.24, 2.45) is 0 Å². The Morgan fingerprint density at radius 1 is 0.960 bits per heavy atom. The van der Waals surface area contributed by atoms with E-state index in [0.717, 1.165) is 26.6 Å². The summed E-state index contributed by atoms with van der Waals surface area (Å²) in [5.74, 6) is -0.586. The van der Waals surface area contributed by atoms with E-state index < -0.39 is 16.0 Å². The average molecular weight is 361 g/mol. The van der Waals surface area contributed by atoms with Crippen molar-refractivity contribution in [2.75, 3.05) is 13.6 Å². The lowest BCUT2D eigenvalue weighted by molar-refractivity contribution is -0.144. The highest BCUT2D eigenvalue weighted by Crippen LogP contribution is 2.15. The van der Waals surface area contributed by atoms with E-state index in [0.29, 0.717) is 0 Å². The number of hydrogen-bond donors (Lipinski definition) is 0. The number of sulfonamides is 1. The average Bonchev–Trinajstić information content (AvgIpc) is 2.52. The highest BCUT2D eigenvalue weighted by atomic mass is 32.2. The van der Waals surface area contributed by atoms with E-state index in [1.54, 1.807) is 12.1 Å². The number of nitrogens with zero attached hydrogens (tertiary/aromatic N) is 1. The Morgan fingerprint density at radius 3 is 2.08 bits per heavy atom. The molecule has 0 radical (unpaired) electrons. The minimum atomic E-state index is -3.71. The predicted molar refractivity (Wildman–Crippen MR) is 96.7 cm³/mol. The lowest BCUT2D eigenvalue weighted by Gasteiger charge is -2.16. The van der Waals surface area contributed by atoms with E-state index >= 15 is 0 Å². The van der Waals surface area contributed by atoms with E-state index in [-0.39, 0.29) is 18.0 Å². The molecule has 25 heavy (non-hydrogen) atoms. The maximum absolute atomic E-state index is 12.5. The zero-order valence-corrected chi connectivity index (χ0v) is 15.8. The van der Waals surface area contributed by atoms with Crippen LogP contribution >= 0.6 is 0 Å². The fourth-order valence-electron chi connectivity index (χ4n) is 2.52. The van der Waals surface area contributed by atoms with Crippen LogP contribution in [0, 0.1) is 20.8 Å². The van der Waals surface area contributed by atoms with Crippen LogP contribution < -0.4 is 0 Å². The molecule has 2 aromatic carbocycles. The number of hydrogen-bond acceptors (Lipinski definition) is 4. The summed E-state index contributed by atoms with van der Waals surface area (Å²) in [6.07, 6.45) is 0. The van der Waals surface area contributed by atoms with Crippen molar-refractivity contribution < 1.29 is 17.9 Å². The van der Waals surface area contributed by atoms with E-state index in [1.807, 2.05) is 39.0 Å². The molecular formula is C19H23NO4S. The molecule has 134 valence electrons. The summed E-state index contributed by atoms with van der Waals surface area (Å²) in [5.41, 5.74) is 4.03. The van der Waals surface area contributed by atoms with Crippen LogP contribution in [0.15, 0.2) is 47.4 Å². The highest BCUT2D eigenvalue weighted by molar-refractivity contribution is 7.89. The molecular weight excluding hydrogens is 338 g/mol. The molecule has 0 saturated carbocycles. The largest absolute Gasteiger partial charge is 0.460 e. The number of benzene rings is 2. The second kappa shape index (κ2) is 7.80. The molecule has 2 aromatic rings. The monoisotopic (exact) mass is 361 g/mol. The molecule has 0 unspecified atom stereocenters. The van der Waals surface area contributed by atoms with Crippen LogP contribution in [0.3, 0.4) is 0 Å². The fraction of sp³-hybridized carbons (Fsp3) is 0.316. The maximum atomic E-state index is 12.5. The van der Waals surface area contributed by atoms with Crippen molar-refractivity contribution in [3.63, 3.8) is 0 Å². The molecule has 0 amide bonds. The molecule has 0 atom stereocenters. The van der Waals surface area contributed by atoms with E-state index in [1.165, 1.54) is 19.2 Å². The molecule has 2 rings (SSSR count). The van der Waals surface area contributed by atoms with Gasteiger partial charge in [0, 0.05) is 7.05 Å². The Balaban J connectivity index is 1.98. The summed E-state index contributed by atoms with van der Waals surface area (Å²) >= 11 is 0. The van der Waals surface area contributed by atoms with Crippen LogP contribution in [0.25, 0.3) is 0 Å². The Labute approximate surface area is 149 Å². The molecule has 5 nitrogen and oxygen atoms in total. The van der Waals surface area contributed by atoms with E-state index in [2.05, 4.69) is 0 Å². The van der Waals surface area contributed by atoms with Gasteiger partial charge in [-0.2, -0.15) is 4.31 Å². The van der Waals surface area contributed by atoms with Crippen molar-refractivity contribution in [3.8, 4) is 0 Å². The number of carbonyl (C=O) groups is 1. The quantitative estimate of drug-likeness (QED) is 0.742. The number of rotatable bonds is 6. The maximum Gasteiger partial charge on any atom is 0.321 e. The van der Waals surface area contributed by atoms with Crippen LogP contribution in [0.4, 0.5) is 0 Å². The summed E-state index contributed by atoms with van der Waals surface area (Å²) in [4.78, 5) is 12.2. The smallest absolute Gasteiger partial charge is 0.321 e. The standard InChI is InChI=1S/C19H23NO4S/c1-14-5-7-18(8-6-14)25(22,23)20(4)12-19(21)24-13-17-10-15(2)9-16(3)11-17/h5-11H,12-13H2,1-4H3. The van der Waals surface area contributed by atoms with Gasteiger partial charge in [0.15, 0.2) is 0 Å². The van der Waals surface area contributed by atoms with Crippen molar-refractivity contribution >= 4 is 16.0 Å². The van der Waals surface area contributed by atoms with Crippen LogP contribution in [-0.2, 0) is 26.2 Å². The number of likely N-dealkylation sites (N-methyl/N-ethyl adjacent to an activating group) is 1. The second-order valence-corrected chi connectivity index (χ2v) is 8.28. The van der Waals surface area contributed by atoms with Gasteiger partial charge in [0.1, 0.15) is 13.2 Å². The summed E-state index contributed by atoms with van der Waals surface area (Å²) < 4.78 is 31.1. The predicted octanol–water partition coefficient (Wildman–Crippen LogP) is 2.98. The first-order chi connectivity index (χ1) is 11.7. The highest BCUT2D eigenvalue weighted by Gasteiger charge is 2.23. The molecule has 0 aliphatic rings. The van der Waals surface area contributed by atoms with Crippen molar-refractivity contribution in [3.05, 3.63) is 64.7 Å². The Kier molecular flexibility index (Phi) is 5.98. The van der Waals surface area contributed by atoms with Crippen molar-refractivity contribution in [2.45, 2.75) is 32.3 Å². The van der Waals surface area contributed by atoms with Crippen LogP contribution in [0.5, 0.6) is 0 Å². The van der Waals surface area contributed by atoms with Gasteiger partial charge in [-0.3, -0.25) is 4.79 Å². The van der Waals surface area contributed by atoms with E-state index in [9.17, 15) is 13.2 Å². The van der Waals surface area contributed by atoms with Gasteiger partial charge < -0.3 is 4.74 Å². The van der Waals surface area contributed by atoms with Crippen LogP contribution in [0.1, 0.15) is 22.3 Å². The zero-order chi connectivity index (χ0) is 18.6. The van der Waals surface area contributed by atoms with Gasteiger partial charge in [-0.25, -0.2) is 8.42 Å². The van der Waals surface area contributed by atoms with Crippen molar-refractivity contribution in [1.82, 2.24) is 4.31 Å². The number of ether oxygens (including phenoxy) is 1. The minimum Gasteiger partial charge on any atom is -0.460 e. The Hall–Kier alpha value is -2.18. The number of carbonyl (C=O) groups excluding carboxylic acids is 1. The second-order valence-electron chi connectivity index (χ2n) is 6.23. The first-order valence-electron chi connectivity index (χ1n) is 7.94. The molecule has 0 heterocycles. The molecule has 6 heteroatoms. The van der Waals surface area contributed by atoms with Gasteiger partial charge in [0.05, 0.1) is 4.90 Å². The molecule has 0 aliphatic carbocycles. The summed E-state index contributed by atoms with van der Waals surface area (Å²) in [7, 11) is -2.35. The summed E-state index contributed by atoms with van der Waals surface area (Å²) in [5, 5.41) is 0. The molecule has 0 aliphatic heterocycles. The fourth-order valence-corrected chi connectivity index (χ4v) is 3.63. The number of aryl methyl sites for hydroxylation is 3. The van der Waals surface area contributed by atoms with Gasteiger partial charge in [0.25, 0.3) is 0 Å². The molecule has 0 N–H and O–H groups in total. The van der Waals surface area contributed by atoms with Gasteiger partial charge in [-0.05, 0) is 38.5 Å².